The van der Waals surface area contributed by atoms with Gasteiger partial charge in [0.1, 0.15) is 0 Å². The Labute approximate surface area is 88.8 Å². The van der Waals surface area contributed by atoms with E-state index in [1.54, 1.807) is 0 Å². The van der Waals surface area contributed by atoms with Crippen LogP contribution in [0.1, 0.15) is 18.9 Å². The van der Waals surface area contributed by atoms with Crippen LogP contribution in [0.5, 0.6) is 0 Å². The fourth-order valence-corrected chi connectivity index (χ4v) is 1.40. The third kappa shape index (κ3) is 4.28. The minimum atomic E-state index is -0.521. The number of hydrogen-bond donors (Lipinski definition) is 0. The summed E-state index contributed by atoms with van der Waals surface area (Å²) >= 11 is 5.78. The Balaban J connectivity index is 2.30. The molecule has 0 saturated carbocycles. The van der Waals surface area contributed by atoms with Crippen LogP contribution < -0.4 is 0 Å². The monoisotopic (exact) mass is 212 g/mol. The molecule has 0 amide bonds. The second-order valence-electron chi connectivity index (χ2n) is 3.04. The van der Waals surface area contributed by atoms with Crippen molar-refractivity contribution in [1.82, 2.24) is 0 Å². The molecule has 0 spiro atoms. The fraction of sp³-hybridized carbons (Fsp3) is 0.364. The molecule has 76 valence electrons. The predicted octanol–water partition coefficient (Wildman–Crippen LogP) is 2.75. The number of benzene rings is 1. The Bertz CT molecular complexity index is 285. The molecule has 1 unspecified atom stereocenters. The number of esters is 1. The molecule has 0 aliphatic carbocycles. The molecular formula is C11H13ClO2. The first kappa shape index (κ1) is 11.1. The Morgan fingerprint density at radius 2 is 2.07 bits per heavy atom. The van der Waals surface area contributed by atoms with E-state index in [1.165, 1.54) is 12.5 Å². The second-order valence-corrected chi connectivity index (χ2v) is 3.53. The molecule has 3 heteroatoms. The van der Waals surface area contributed by atoms with E-state index >= 15 is 0 Å². The van der Waals surface area contributed by atoms with E-state index in [0.29, 0.717) is 6.42 Å². The first-order chi connectivity index (χ1) is 6.68. The molecule has 0 bridgehead atoms. The van der Waals surface area contributed by atoms with Gasteiger partial charge in [-0.3, -0.25) is 4.79 Å². The molecule has 0 N–H and O–H groups in total. The number of aryl methyl sites for hydroxylation is 1. The molecule has 0 heterocycles. The summed E-state index contributed by atoms with van der Waals surface area (Å²) < 4.78 is 4.80. The molecule has 1 aromatic rings. The third-order valence-electron chi connectivity index (χ3n) is 1.80. The van der Waals surface area contributed by atoms with Gasteiger partial charge in [-0.2, -0.15) is 0 Å². The van der Waals surface area contributed by atoms with Crippen LogP contribution in [-0.4, -0.2) is 11.5 Å². The van der Waals surface area contributed by atoms with Gasteiger partial charge < -0.3 is 4.74 Å². The summed E-state index contributed by atoms with van der Waals surface area (Å²) in [6.07, 6.45) is 1.47. The molecule has 0 radical (unpaired) electrons. The highest BCUT2D eigenvalue weighted by atomic mass is 35.5. The Morgan fingerprint density at radius 3 is 2.64 bits per heavy atom. The normalized spacial score (nSPS) is 12.1. The van der Waals surface area contributed by atoms with Crippen LogP contribution in [0.15, 0.2) is 30.3 Å². The zero-order chi connectivity index (χ0) is 10.4. The zero-order valence-corrected chi connectivity index (χ0v) is 8.83. The second kappa shape index (κ2) is 5.66. The first-order valence-corrected chi connectivity index (χ1v) is 4.97. The highest BCUT2D eigenvalue weighted by Crippen LogP contribution is 2.10. The maximum absolute atomic E-state index is 10.6. The molecule has 14 heavy (non-hydrogen) atoms. The maximum atomic E-state index is 10.6. The SMILES string of the molecule is CC(=O)OC(Cl)CCc1ccccc1. The molecule has 1 aromatic carbocycles. The average molecular weight is 213 g/mol. The number of carbonyl (C=O) groups excluding carboxylic acids is 1. The van der Waals surface area contributed by atoms with Gasteiger partial charge >= 0.3 is 5.97 Å². The summed E-state index contributed by atoms with van der Waals surface area (Å²) in [5.41, 5.74) is 0.679. The van der Waals surface area contributed by atoms with Crippen molar-refractivity contribution in [3.63, 3.8) is 0 Å². The van der Waals surface area contributed by atoms with E-state index in [2.05, 4.69) is 0 Å². The van der Waals surface area contributed by atoms with E-state index in [-0.39, 0.29) is 5.97 Å². The van der Waals surface area contributed by atoms with Crippen molar-refractivity contribution >= 4 is 17.6 Å². The Morgan fingerprint density at radius 1 is 1.43 bits per heavy atom. The van der Waals surface area contributed by atoms with Crippen molar-refractivity contribution in [1.29, 1.82) is 0 Å². The highest BCUT2D eigenvalue weighted by Gasteiger charge is 2.07. The molecule has 0 fully saturated rings. The summed E-state index contributed by atoms with van der Waals surface area (Å²) in [5.74, 6) is -0.335. The highest BCUT2D eigenvalue weighted by molar-refractivity contribution is 6.20. The zero-order valence-electron chi connectivity index (χ0n) is 8.07. The van der Waals surface area contributed by atoms with Gasteiger partial charge in [0.05, 0.1) is 0 Å². The maximum Gasteiger partial charge on any atom is 0.304 e. The van der Waals surface area contributed by atoms with Crippen LogP contribution in [0.25, 0.3) is 0 Å². The smallest absolute Gasteiger partial charge is 0.304 e. The van der Waals surface area contributed by atoms with Gasteiger partial charge in [0.25, 0.3) is 0 Å². The standard InChI is InChI=1S/C11H13ClO2/c1-9(13)14-11(12)8-7-10-5-3-2-4-6-10/h2-6,11H,7-8H2,1H3. The van der Waals surface area contributed by atoms with E-state index in [0.717, 1.165) is 6.42 Å². The lowest BCUT2D eigenvalue weighted by Crippen LogP contribution is -2.10. The van der Waals surface area contributed by atoms with Crippen LogP contribution in [0.4, 0.5) is 0 Å². The topological polar surface area (TPSA) is 26.3 Å². The van der Waals surface area contributed by atoms with Crippen molar-refractivity contribution in [2.24, 2.45) is 0 Å². The average Bonchev–Trinajstić information content (AvgIpc) is 2.15. The van der Waals surface area contributed by atoms with Gasteiger partial charge in [-0.1, -0.05) is 41.9 Å². The van der Waals surface area contributed by atoms with E-state index in [9.17, 15) is 4.79 Å². The lowest BCUT2D eigenvalue weighted by molar-refractivity contribution is -0.142. The van der Waals surface area contributed by atoms with Crippen LogP contribution in [-0.2, 0) is 16.0 Å². The molecular weight excluding hydrogens is 200 g/mol. The first-order valence-electron chi connectivity index (χ1n) is 4.53. The van der Waals surface area contributed by atoms with Gasteiger partial charge in [-0.15, -0.1) is 0 Å². The third-order valence-corrected chi connectivity index (χ3v) is 2.10. The molecule has 0 aromatic heterocycles. The minimum Gasteiger partial charge on any atom is -0.446 e. The number of ether oxygens (including phenoxy) is 1. The molecule has 1 atom stereocenters. The molecule has 0 aliphatic rings. The summed E-state index contributed by atoms with van der Waals surface area (Å²) in [6, 6.07) is 9.97. The number of hydrogen-bond acceptors (Lipinski definition) is 2. The molecule has 1 rings (SSSR count). The van der Waals surface area contributed by atoms with E-state index in [4.69, 9.17) is 16.3 Å². The Hall–Kier alpha value is -1.02. The van der Waals surface area contributed by atoms with Gasteiger partial charge in [-0.25, -0.2) is 0 Å². The van der Waals surface area contributed by atoms with Gasteiger partial charge in [-0.05, 0) is 12.0 Å². The van der Waals surface area contributed by atoms with Crippen molar-refractivity contribution in [2.45, 2.75) is 25.3 Å². The van der Waals surface area contributed by atoms with Crippen molar-refractivity contribution in [3.05, 3.63) is 35.9 Å². The van der Waals surface area contributed by atoms with Crippen LogP contribution in [0.3, 0.4) is 0 Å². The van der Waals surface area contributed by atoms with Crippen LogP contribution in [0, 0.1) is 0 Å². The largest absolute Gasteiger partial charge is 0.446 e. The lowest BCUT2D eigenvalue weighted by Gasteiger charge is -2.08. The molecule has 2 nitrogen and oxygen atoms in total. The molecule has 0 saturated heterocycles. The quantitative estimate of drug-likeness (QED) is 0.567. The van der Waals surface area contributed by atoms with Gasteiger partial charge in [0.15, 0.2) is 5.56 Å². The number of rotatable bonds is 4. The summed E-state index contributed by atoms with van der Waals surface area (Å²) in [5, 5.41) is 0. The summed E-state index contributed by atoms with van der Waals surface area (Å²) in [6.45, 7) is 1.36. The van der Waals surface area contributed by atoms with Crippen molar-refractivity contribution < 1.29 is 9.53 Å². The summed E-state index contributed by atoms with van der Waals surface area (Å²) in [4.78, 5) is 10.6. The van der Waals surface area contributed by atoms with Crippen molar-refractivity contribution in [2.75, 3.05) is 0 Å². The predicted molar refractivity (Wildman–Crippen MR) is 56.2 cm³/mol. The van der Waals surface area contributed by atoms with Gasteiger partial charge in [0, 0.05) is 13.3 Å². The van der Waals surface area contributed by atoms with E-state index in [1.807, 2.05) is 30.3 Å². The number of alkyl halides is 1. The summed E-state index contributed by atoms with van der Waals surface area (Å²) in [7, 11) is 0. The van der Waals surface area contributed by atoms with Crippen LogP contribution in [0.2, 0.25) is 0 Å². The minimum absolute atomic E-state index is 0.335. The number of carbonyl (C=O) groups is 1. The Kier molecular flexibility index (Phi) is 4.47. The van der Waals surface area contributed by atoms with Crippen molar-refractivity contribution in [3.8, 4) is 0 Å². The van der Waals surface area contributed by atoms with Gasteiger partial charge in [0.2, 0.25) is 0 Å². The van der Waals surface area contributed by atoms with Crippen LogP contribution >= 0.6 is 11.6 Å². The van der Waals surface area contributed by atoms with E-state index < -0.39 is 5.56 Å². The fourth-order valence-electron chi connectivity index (χ4n) is 1.16. The lowest BCUT2D eigenvalue weighted by atomic mass is 10.1. The number of halogens is 1. The molecule has 0 aliphatic heterocycles.